The van der Waals surface area contributed by atoms with Gasteiger partial charge in [-0.05, 0) is 18.1 Å². The first kappa shape index (κ1) is 15.4. The van der Waals surface area contributed by atoms with Crippen molar-refractivity contribution in [2.24, 2.45) is 0 Å². The summed E-state index contributed by atoms with van der Waals surface area (Å²) in [6, 6.07) is 4.15. The molecule has 0 bridgehead atoms. The zero-order chi connectivity index (χ0) is 14.7. The summed E-state index contributed by atoms with van der Waals surface area (Å²) in [5.41, 5.74) is 1.91. The van der Waals surface area contributed by atoms with E-state index in [1.54, 1.807) is 17.5 Å². The Kier molecular flexibility index (Phi) is 5.13. The summed E-state index contributed by atoms with van der Waals surface area (Å²) in [4.78, 5) is 10.4. The van der Waals surface area contributed by atoms with Crippen LogP contribution in [0, 0.1) is 0 Å². The molecule has 20 heavy (non-hydrogen) atoms. The average Bonchev–Trinajstić information content (AvgIpc) is 2.81. The second-order valence-corrected chi connectivity index (χ2v) is 6.84. The molecule has 0 aliphatic rings. The molecule has 2 aromatic rings. The van der Waals surface area contributed by atoms with Gasteiger partial charge in [0.1, 0.15) is 10.7 Å². The SMILES string of the molecule is CC(C)NCc1sc(-c2ncccc2Cl)nc1C(C)C. The summed E-state index contributed by atoms with van der Waals surface area (Å²) in [5.74, 6) is 0.395. The van der Waals surface area contributed by atoms with Crippen LogP contribution in [0.1, 0.15) is 44.2 Å². The third kappa shape index (κ3) is 3.57. The van der Waals surface area contributed by atoms with Crippen molar-refractivity contribution in [3.63, 3.8) is 0 Å². The van der Waals surface area contributed by atoms with Crippen LogP contribution in [0.4, 0.5) is 0 Å². The number of nitrogens with one attached hydrogen (secondary N) is 1. The van der Waals surface area contributed by atoms with E-state index >= 15 is 0 Å². The van der Waals surface area contributed by atoms with Gasteiger partial charge in [0.15, 0.2) is 0 Å². The number of rotatable bonds is 5. The monoisotopic (exact) mass is 309 g/mol. The molecule has 2 heterocycles. The second kappa shape index (κ2) is 6.66. The fourth-order valence-electron chi connectivity index (χ4n) is 1.88. The van der Waals surface area contributed by atoms with Crippen LogP contribution < -0.4 is 5.32 Å². The van der Waals surface area contributed by atoms with Gasteiger partial charge in [-0.3, -0.25) is 4.98 Å². The molecule has 0 unspecified atom stereocenters. The largest absolute Gasteiger partial charge is 0.310 e. The zero-order valence-corrected chi connectivity index (χ0v) is 13.8. The Balaban J connectivity index is 2.36. The van der Waals surface area contributed by atoms with Crippen molar-refractivity contribution in [1.29, 1.82) is 0 Å². The number of halogens is 1. The van der Waals surface area contributed by atoms with Crippen LogP contribution in [0.25, 0.3) is 10.7 Å². The molecular weight excluding hydrogens is 290 g/mol. The first-order chi connectivity index (χ1) is 9.49. The van der Waals surface area contributed by atoms with Crippen LogP contribution in [-0.4, -0.2) is 16.0 Å². The lowest BCUT2D eigenvalue weighted by Gasteiger charge is -2.09. The van der Waals surface area contributed by atoms with Crippen LogP contribution in [0.5, 0.6) is 0 Å². The molecule has 0 atom stereocenters. The molecule has 108 valence electrons. The molecule has 0 amide bonds. The van der Waals surface area contributed by atoms with Crippen molar-refractivity contribution in [2.45, 2.75) is 46.2 Å². The molecule has 3 nitrogen and oxygen atoms in total. The smallest absolute Gasteiger partial charge is 0.143 e. The second-order valence-electron chi connectivity index (χ2n) is 5.35. The molecule has 0 saturated carbocycles. The normalized spacial score (nSPS) is 11.6. The van der Waals surface area contributed by atoms with Crippen LogP contribution in [0.3, 0.4) is 0 Å². The Labute approximate surface area is 129 Å². The van der Waals surface area contributed by atoms with E-state index in [-0.39, 0.29) is 0 Å². The Bertz CT molecular complexity index is 578. The molecule has 0 aliphatic heterocycles. The molecular formula is C15H20ClN3S. The van der Waals surface area contributed by atoms with E-state index in [0.29, 0.717) is 17.0 Å². The minimum absolute atomic E-state index is 0.395. The molecule has 0 aromatic carbocycles. The van der Waals surface area contributed by atoms with Crippen LogP contribution >= 0.6 is 22.9 Å². The number of hydrogen-bond donors (Lipinski definition) is 1. The number of thiazole rings is 1. The van der Waals surface area contributed by atoms with Crippen LogP contribution in [-0.2, 0) is 6.54 Å². The van der Waals surface area contributed by atoms with Gasteiger partial charge in [0.05, 0.1) is 10.7 Å². The van der Waals surface area contributed by atoms with E-state index in [1.807, 2.05) is 12.1 Å². The minimum atomic E-state index is 0.395. The van der Waals surface area contributed by atoms with Crippen molar-refractivity contribution < 1.29 is 0 Å². The van der Waals surface area contributed by atoms with Gasteiger partial charge < -0.3 is 5.32 Å². The molecule has 0 radical (unpaired) electrons. The van der Waals surface area contributed by atoms with Gasteiger partial charge in [-0.15, -0.1) is 11.3 Å². The first-order valence-corrected chi connectivity index (χ1v) is 8.02. The molecule has 1 N–H and O–H groups in total. The van der Waals surface area contributed by atoms with Crippen molar-refractivity contribution in [2.75, 3.05) is 0 Å². The molecule has 0 spiro atoms. The molecule has 5 heteroatoms. The maximum Gasteiger partial charge on any atom is 0.143 e. The summed E-state index contributed by atoms with van der Waals surface area (Å²) < 4.78 is 0. The summed E-state index contributed by atoms with van der Waals surface area (Å²) in [5, 5.41) is 5.01. The molecule has 2 aromatic heterocycles. The van der Waals surface area contributed by atoms with E-state index in [9.17, 15) is 0 Å². The maximum absolute atomic E-state index is 6.22. The van der Waals surface area contributed by atoms with Gasteiger partial charge >= 0.3 is 0 Å². The number of hydrogen-bond acceptors (Lipinski definition) is 4. The van der Waals surface area contributed by atoms with E-state index < -0.39 is 0 Å². The van der Waals surface area contributed by atoms with Gasteiger partial charge in [0, 0.05) is 23.7 Å². The summed E-state index contributed by atoms with van der Waals surface area (Å²) in [7, 11) is 0. The highest BCUT2D eigenvalue weighted by molar-refractivity contribution is 7.15. The van der Waals surface area contributed by atoms with Gasteiger partial charge in [0.2, 0.25) is 0 Å². The molecule has 0 saturated heterocycles. The fraction of sp³-hybridized carbons (Fsp3) is 0.467. The minimum Gasteiger partial charge on any atom is -0.310 e. The van der Waals surface area contributed by atoms with Gasteiger partial charge in [-0.25, -0.2) is 4.98 Å². The van der Waals surface area contributed by atoms with E-state index in [1.165, 1.54) is 4.88 Å². The van der Waals surface area contributed by atoms with Gasteiger partial charge in [-0.2, -0.15) is 0 Å². The number of nitrogens with zero attached hydrogens (tertiary/aromatic N) is 2. The molecule has 2 rings (SSSR count). The van der Waals surface area contributed by atoms with Crippen molar-refractivity contribution >= 4 is 22.9 Å². The fourth-order valence-corrected chi connectivity index (χ4v) is 3.33. The maximum atomic E-state index is 6.22. The molecule has 0 aliphatic carbocycles. The first-order valence-electron chi connectivity index (χ1n) is 6.83. The lowest BCUT2D eigenvalue weighted by molar-refractivity contribution is 0.588. The van der Waals surface area contributed by atoms with Crippen LogP contribution in [0.15, 0.2) is 18.3 Å². The van der Waals surface area contributed by atoms with Crippen molar-refractivity contribution in [1.82, 2.24) is 15.3 Å². The summed E-state index contributed by atoms with van der Waals surface area (Å²) in [6.45, 7) is 9.46. The Morgan fingerprint density at radius 2 is 2.05 bits per heavy atom. The summed E-state index contributed by atoms with van der Waals surface area (Å²) >= 11 is 7.89. The average molecular weight is 310 g/mol. The number of aromatic nitrogens is 2. The summed E-state index contributed by atoms with van der Waals surface area (Å²) in [6.07, 6.45) is 1.75. The third-order valence-corrected chi connectivity index (χ3v) is 4.29. The highest BCUT2D eigenvalue weighted by atomic mass is 35.5. The van der Waals surface area contributed by atoms with Gasteiger partial charge in [-0.1, -0.05) is 39.3 Å². The highest BCUT2D eigenvalue weighted by Gasteiger charge is 2.17. The Morgan fingerprint density at radius 3 is 2.65 bits per heavy atom. The van der Waals surface area contributed by atoms with Crippen molar-refractivity contribution in [3.8, 4) is 10.7 Å². The van der Waals surface area contributed by atoms with E-state index in [4.69, 9.17) is 16.6 Å². The predicted octanol–water partition coefficient (Wildman–Crippen LogP) is 4.48. The predicted molar refractivity (Wildman–Crippen MR) is 86.4 cm³/mol. The Morgan fingerprint density at radius 1 is 1.30 bits per heavy atom. The number of pyridine rings is 1. The van der Waals surface area contributed by atoms with E-state index in [0.717, 1.165) is 22.9 Å². The highest BCUT2D eigenvalue weighted by Crippen LogP contribution is 2.33. The van der Waals surface area contributed by atoms with Crippen LogP contribution in [0.2, 0.25) is 5.02 Å². The topological polar surface area (TPSA) is 37.8 Å². The quantitative estimate of drug-likeness (QED) is 0.885. The lowest BCUT2D eigenvalue weighted by Crippen LogP contribution is -2.22. The Hall–Kier alpha value is -0.970. The van der Waals surface area contributed by atoms with Crippen molar-refractivity contribution in [3.05, 3.63) is 33.9 Å². The van der Waals surface area contributed by atoms with E-state index in [2.05, 4.69) is 38.0 Å². The standard InChI is InChI=1S/C15H20ClN3S/c1-9(2)13-12(8-18-10(3)4)20-15(19-13)14-11(16)6-5-7-17-14/h5-7,9-10,18H,8H2,1-4H3. The molecule has 0 fully saturated rings. The lowest BCUT2D eigenvalue weighted by atomic mass is 10.1. The third-order valence-electron chi connectivity index (χ3n) is 2.91. The van der Waals surface area contributed by atoms with Gasteiger partial charge in [0.25, 0.3) is 0 Å². The zero-order valence-electron chi connectivity index (χ0n) is 12.3.